The Balaban J connectivity index is 2.34. The van der Waals surface area contributed by atoms with Gasteiger partial charge in [-0.3, -0.25) is 0 Å². The minimum Gasteiger partial charge on any atom is -0.241 e. The summed E-state index contributed by atoms with van der Waals surface area (Å²) >= 11 is 3.32. The van der Waals surface area contributed by atoms with Gasteiger partial charge in [0.2, 0.25) is 0 Å². The zero-order valence-corrected chi connectivity index (χ0v) is 8.91. The third kappa shape index (κ3) is 1.85. The first kappa shape index (κ1) is 9.40. The van der Waals surface area contributed by atoms with Crippen molar-refractivity contribution in [1.29, 1.82) is 0 Å². The van der Waals surface area contributed by atoms with Crippen molar-refractivity contribution in [2.75, 3.05) is 0 Å². The summed E-state index contributed by atoms with van der Waals surface area (Å²) in [4.78, 5) is 0. The molecule has 0 aliphatic rings. The van der Waals surface area contributed by atoms with E-state index in [9.17, 15) is 4.39 Å². The predicted molar refractivity (Wildman–Crippen MR) is 56.2 cm³/mol. The molecule has 0 saturated carbocycles. The maximum absolute atomic E-state index is 12.6. The topological polar surface area (TPSA) is 17.8 Å². The third-order valence-corrected chi connectivity index (χ3v) is 2.45. The highest BCUT2D eigenvalue weighted by Gasteiger charge is 1.99. The van der Waals surface area contributed by atoms with E-state index in [-0.39, 0.29) is 5.82 Å². The number of alkyl halides is 1. The van der Waals surface area contributed by atoms with Gasteiger partial charge in [0, 0.05) is 11.5 Å². The van der Waals surface area contributed by atoms with Crippen LogP contribution in [0.2, 0.25) is 0 Å². The maximum atomic E-state index is 12.6. The number of benzene rings is 1. The summed E-state index contributed by atoms with van der Waals surface area (Å²) in [7, 11) is 0. The van der Waals surface area contributed by atoms with Crippen LogP contribution in [-0.2, 0) is 5.33 Å². The first-order valence-electron chi connectivity index (χ1n) is 4.16. The Hall–Kier alpha value is -1.16. The van der Waals surface area contributed by atoms with E-state index in [1.807, 2.05) is 12.3 Å². The minimum absolute atomic E-state index is 0.235. The molecule has 1 aromatic heterocycles. The fourth-order valence-corrected chi connectivity index (χ4v) is 1.47. The summed E-state index contributed by atoms with van der Waals surface area (Å²) < 4.78 is 14.4. The van der Waals surface area contributed by atoms with E-state index < -0.39 is 0 Å². The summed E-state index contributed by atoms with van der Waals surface area (Å²) in [6, 6.07) is 8.15. The van der Waals surface area contributed by atoms with Crippen molar-refractivity contribution in [3.05, 3.63) is 48.0 Å². The standard InChI is InChI=1S/C10H8BrFN2/c11-7-9-5-6-14(13-9)10-3-1-8(12)2-4-10/h1-6H,7H2. The Kier molecular flexibility index (Phi) is 2.63. The van der Waals surface area contributed by atoms with Gasteiger partial charge in [-0.1, -0.05) is 15.9 Å². The largest absolute Gasteiger partial charge is 0.241 e. The van der Waals surface area contributed by atoms with Gasteiger partial charge in [0.05, 0.1) is 11.4 Å². The molecule has 2 rings (SSSR count). The van der Waals surface area contributed by atoms with Crippen LogP contribution in [0, 0.1) is 5.82 Å². The van der Waals surface area contributed by atoms with E-state index >= 15 is 0 Å². The predicted octanol–water partition coefficient (Wildman–Crippen LogP) is 2.91. The summed E-state index contributed by atoms with van der Waals surface area (Å²) in [6.07, 6.45) is 1.85. The Morgan fingerprint density at radius 1 is 1.21 bits per heavy atom. The fraction of sp³-hybridized carbons (Fsp3) is 0.100. The molecule has 0 aliphatic heterocycles. The smallest absolute Gasteiger partial charge is 0.123 e. The second-order valence-corrected chi connectivity index (χ2v) is 3.42. The van der Waals surface area contributed by atoms with Crippen molar-refractivity contribution >= 4 is 15.9 Å². The van der Waals surface area contributed by atoms with Gasteiger partial charge in [-0.2, -0.15) is 5.10 Å². The van der Waals surface area contributed by atoms with Crippen LogP contribution in [0.4, 0.5) is 4.39 Å². The zero-order chi connectivity index (χ0) is 9.97. The highest BCUT2D eigenvalue weighted by Crippen LogP contribution is 2.10. The molecule has 1 heterocycles. The molecule has 4 heteroatoms. The normalized spacial score (nSPS) is 10.4. The quantitative estimate of drug-likeness (QED) is 0.754. The van der Waals surface area contributed by atoms with Gasteiger partial charge in [-0.15, -0.1) is 0 Å². The highest BCUT2D eigenvalue weighted by molar-refractivity contribution is 9.08. The molecule has 0 amide bonds. The lowest BCUT2D eigenvalue weighted by molar-refractivity contribution is 0.627. The molecule has 0 spiro atoms. The fourth-order valence-electron chi connectivity index (χ4n) is 1.17. The van der Waals surface area contributed by atoms with Crippen LogP contribution < -0.4 is 0 Å². The summed E-state index contributed by atoms with van der Waals surface area (Å²) in [6.45, 7) is 0. The Bertz CT molecular complexity index is 422. The SMILES string of the molecule is Fc1ccc(-n2ccc(CBr)n2)cc1. The van der Waals surface area contributed by atoms with Gasteiger partial charge in [0.1, 0.15) is 5.82 Å². The number of halogens is 2. The lowest BCUT2D eigenvalue weighted by Crippen LogP contribution is -1.95. The molecule has 0 radical (unpaired) electrons. The van der Waals surface area contributed by atoms with E-state index in [1.165, 1.54) is 12.1 Å². The molecule has 2 aromatic rings. The van der Waals surface area contributed by atoms with Crippen LogP contribution >= 0.6 is 15.9 Å². The first-order chi connectivity index (χ1) is 6.79. The van der Waals surface area contributed by atoms with Crippen molar-refractivity contribution in [3.8, 4) is 5.69 Å². The summed E-state index contributed by atoms with van der Waals surface area (Å²) in [5.74, 6) is -0.235. The lowest BCUT2D eigenvalue weighted by atomic mass is 10.3. The van der Waals surface area contributed by atoms with Crippen molar-refractivity contribution in [2.45, 2.75) is 5.33 Å². The number of hydrogen-bond acceptors (Lipinski definition) is 1. The first-order valence-corrected chi connectivity index (χ1v) is 5.28. The molecule has 2 nitrogen and oxygen atoms in total. The van der Waals surface area contributed by atoms with E-state index in [0.717, 1.165) is 16.7 Å². The summed E-state index contributed by atoms with van der Waals surface area (Å²) in [5.41, 5.74) is 1.81. The summed E-state index contributed by atoms with van der Waals surface area (Å²) in [5, 5.41) is 5.00. The van der Waals surface area contributed by atoms with Gasteiger partial charge in [0.15, 0.2) is 0 Å². The molecule has 0 fully saturated rings. The number of nitrogens with zero attached hydrogens (tertiary/aromatic N) is 2. The van der Waals surface area contributed by atoms with Gasteiger partial charge < -0.3 is 0 Å². The molecule has 14 heavy (non-hydrogen) atoms. The molecule has 1 aromatic carbocycles. The third-order valence-electron chi connectivity index (χ3n) is 1.87. The van der Waals surface area contributed by atoms with Gasteiger partial charge >= 0.3 is 0 Å². The van der Waals surface area contributed by atoms with Crippen LogP contribution in [0.25, 0.3) is 5.69 Å². The second kappa shape index (κ2) is 3.92. The lowest BCUT2D eigenvalue weighted by Gasteiger charge is -1.99. The number of aromatic nitrogens is 2. The molecule has 0 bridgehead atoms. The molecular weight excluding hydrogens is 247 g/mol. The minimum atomic E-state index is -0.235. The van der Waals surface area contributed by atoms with Gasteiger partial charge in [-0.05, 0) is 30.3 Å². The zero-order valence-electron chi connectivity index (χ0n) is 7.32. The van der Waals surface area contributed by atoms with Crippen LogP contribution in [0.15, 0.2) is 36.5 Å². The highest BCUT2D eigenvalue weighted by atomic mass is 79.9. The average molecular weight is 255 g/mol. The van der Waals surface area contributed by atoms with Gasteiger partial charge in [-0.25, -0.2) is 9.07 Å². The van der Waals surface area contributed by atoms with E-state index in [4.69, 9.17) is 0 Å². The van der Waals surface area contributed by atoms with Gasteiger partial charge in [0.25, 0.3) is 0 Å². The molecule has 0 saturated heterocycles. The monoisotopic (exact) mass is 254 g/mol. The Morgan fingerprint density at radius 2 is 1.93 bits per heavy atom. The van der Waals surface area contributed by atoms with Crippen LogP contribution in [-0.4, -0.2) is 9.78 Å². The van der Waals surface area contributed by atoms with E-state index in [1.54, 1.807) is 16.8 Å². The Labute approximate surface area is 89.5 Å². The van der Waals surface area contributed by atoms with Crippen LogP contribution in [0.5, 0.6) is 0 Å². The molecule has 0 N–H and O–H groups in total. The van der Waals surface area contributed by atoms with Crippen molar-refractivity contribution in [2.24, 2.45) is 0 Å². The maximum Gasteiger partial charge on any atom is 0.123 e. The second-order valence-electron chi connectivity index (χ2n) is 2.86. The molecule has 72 valence electrons. The van der Waals surface area contributed by atoms with E-state index in [0.29, 0.717) is 0 Å². The molecule has 0 atom stereocenters. The number of rotatable bonds is 2. The number of hydrogen-bond donors (Lipinski definition) is 0. The molecular formula is C10H8BrFN2. The van der Waals surface area contributed by atoms with Crippen molar-refractivity contribution in [3.63, 3.8) is 0 Å². The molecule has 0 unspecified atom stereocenters. The van der Waals surface area contributed by atoms with E-state index in [2.05, 4.69) is 21.0 Å². The Morgan fingerprint density at radius 3 is 2.50 bits per heavy atom. The van der Waals surface area contributed by atoms with Crippen LogP contribution in [0.1, 0.15) is 5.69 Å². The average Bonchev–Trinajstić information content (AvgIpc) is 2.67. The van der Waals surface area contributed by atoms with Crippen molar-refractivity contribution < 1.29 is 4.39 Å². The molecule has 0 aliphatic carbocycles. The van der Waals surface area contributed by atoms with Crippen LogP contribution in [0.3, 0.4) is 0 Å². The van der Waals surface area contributed by atoms with Crippen molar-refractivity contribution in [1.82, 2.24) is 9.78 Å².